The van der Waals surface area contributed by atoms with Crippen molar-refractivity contribution in [1.82, 2.24) is 4.57 Å². The molecule has 0 fully saturated rings. The number of hydrogen-bond acceptors (Lipinski definition) is 3. The molecule has 1 aromatic heterocycles. The van der Waals surface area contributed by atoms with E-state index < -0.39 is 17.7 Å². The Kier molecular flexibility index (Phi) is 5.76. The van der Waals surface area contributed by atoms with E-state index in [1.54, 1.807) is 0 Å². The number of rotatable bonds is 4. The van der Waals surface area contributed by atoms with Crippen LogP contribution in [0.2, 0.25) is 5.02 Å². The van der Waals surface area contributed by atoms with Gasteiger partial charge in [-0.05, 0) is 75.9 Å². The number of carboxylic acids is 1. The number of carbonyl (C=O) groups is 1. The van der Waals surface area contributed by atoms with Crippen LogP contribution in [-0.4, -0.2) is 34.8 Å². The molecule has 1 N–H and O–H groups in total. The standard InChI is InChI=1S/C26H31ClN2O3/c1-15-14-19-21(17-8-10-18(27)11-9-17)20(24(25(30)31)32-26(3,4)5)16(2)22-23(19)29(15)13-7-12-28(22)6/h8-11,14,24H,7,12-13H2,1-6H3,(H,30,31). The van der Waals surface area contributed by atoms with E-state index in [9.17, 15) is 9.90 Å². The summed E-state index contributed by atoms with van der Waals surface area (Å²) in [6, 6.07) is 9.81. The molecule has 6 heteroatoms. The second-order valence-corrected chi connectivity index (χ2v) is 10.1. The molecule has 0 bridgehead atoms. The predicted octanol–water partition coefficient (Wildman–Crippen LogP) is 6.36. The highest BCUT2D eigenvalue weighted by Crippen LogP contribution is 2.47. The number of aliphatic carboxylic acids is 1. The third kappa shape index (κ3) is 3.89. The molecule has 4 rings (SSSR count). The van der Waals surface area contributed by atoms with Crippen molar-refractivity contribution >= 4 is 34.2 Å². The summed E-state index contributed by atoms with van der Waals surface area (Å²) in [5.41, 5.74) is 6.30. The Bertz CT molecular complexity index is 1190. The van der Waals surface area contributed by atoms with Gasteiger partial charge >= 0.3 is 5.97 Å². The molecule has 0 spiro atoms. The Morgan fingerprint density at radius 3 is 2.41 bits per heavy atom. The van der Waals surface area contributed by atoms with Crippen LogP contribution >= 0.6 is 11.6 Å². The van der Waals surface area contributed by atoms with Gasteiger partial charge in [-0.1, -0.05) is 23.7 Å². The lowest BCUT2D eigenvalue weighted by molar-refractivity contribution is -0.160. The van der Waals surface area contributed by atoms with Gasteiger partial charge in [-0.3, -0.25) is 0 Å². The predicted molar refractivity (Wildman–Crippen MR) is 131 cm³/mol. The molecule has 1 atom stereocenters. The zero-order valence-corrected chi connectivity index (χ0v) is 20.4. The van der Waals surface area contributed by atoms with Crippen molar-refractivity contribution in [2.75, 3.05) is 18.5 Å². The van der Waals surface area contributed by atoms with Crippen LogP contribution in [0.25, 0.3) is 22.0 Å². The lowest BCUT2D eigenvalue weighted by atomic mass is 9.87. The van der Waals surface area contributed by atoms with Gasteiger partial charge in [-0.2, -0.15) is 0 Å². The summed E-state index contributed by atoms with van der Waals surface area (Å²) in [7, 11) is 2.09. The van der Waals surface area contributed by atoms with Crippen LogP contribution in [0.4, 0.5) is 5.69 Å². The fourth-order valence-corrected chi connectivity index (χ4v) is 5.06. The van der Waals surface area contributed by atoms with Crippen molar-refractivity contribution in [3.05, 3.63) is 52.2 Å². The van der Waals surface area contributed by atoms with Crippen molar-refractivity contribution in [3.63, 3.8) is 0 Å². The average molecular weight is 455 g/mol. The third-order valence-corrected chi connectivity index (χ3v) is 6.43. The molecule has 5 nitrogen and oxygen atoms in total. The van der Waals surface area contributed by atoms with Gasteiger partial charge in [0.05, 0.1) is 16.8 Å². The van der Waals surface area contributed by atoms with Gasteiger partial charge in [0.2, 0.25) is 0 Å². The minimum Gasteiger partial charge on any atom is -0.479 e. The summed E-state index contributed by atoms with van der Waals surface area (Å²) < 4.78 is 8.54. The number of aromatic nitrogens is 1. The Hall–Kier alpha value is -2.50. The van der Waals surface area contributed by atoms with Crippen LogP contribution < -0.4 is 4.90 Å². The van der Waals surface area contributed by atoms with Gasteiger partial charge in [0.15, 0.2) is 6.10 Å². The van der Waals surface area contributed by atoms with Gasteiger partial charge in [0.25, 0.3) is 0 Å². The zero-order chi connectivity index (χ0) is 23.4. The van der Waals surface area contributed by atoms with Crippen LogP contribution in [0.15, 0.2) is 30.3 Å². The summed E-state index contributed by atoms with van der Waals surface area (Å²) in [6.07, 6.45) is -0.0662. The number of anilines is 1. The molecule has 0 radical (unpaired) electrons. The van der Waals surface area contributed by atoms with E-state index in [-0.39, 0.29) is 0 Å². The number of carboxylic acid groups (broad SMARTS) is 1. The van der Waals surface area contributed by atoms with E-state index in [2.05, 4.69) is 29.5 Å². The average Bonchev–Trinajstić information content (AvgIpc) is 2.89. The Morgan fingerprint density at radius 2 is 1.81 bits per heavy atom. The van der Waals surface area contributed by atoms with E-state index in [0.717, 1.165) is 52.8 Å². The van der Waals surface area contributed by atoms with Crippen LogP contribution in [0.5, 0.6) is 0 Å². The zero-order valence-electron chi connectivity index (χ0n) is 19.6. The van der Waals surface area contributed by atoms with Gasteiger partial charge in [-0.15, -0.1) is 0 Å². The van der Waals surface area contributed by atoms with Crippen LogP contribution in [0.3, 0.4) is 0 Å². The highest BCUT2D eigenvalue weighted by atomic mass is 35.5. The van der Waals surface area contributed by atoms with Crippen molar-refractivity contribution in [2.45, 2.75) is 59.3 Å². The van der Waals surface area contributed by atoms with E-state index in [1.165, 1.54) is 5.69 Å². The van der Waals surface area contributed by atoms with Crippen LogP contribution in [-0.2, 0) is 16.1 Å². The van der Waals surface area contributed by atoms with Crippen molar-refractivity contribution in [1.29, 1.82) is 0 Å². The minimum atomic E-state index is -1.10. The molecule has 1 unspecified atom stereocenters. The number of nitrogens with zero attached hydrogens (tertiary/aromatic N) is 2. The molecule has 0 saturated heterocycles. The number of halogens is 1. The first-order valence-corrected chi connectivity index (χ1v) is 11.4. The molecule has 0 amide bonds. The van der Waals surface area contributed by atoms with Crippen molar-refractivity contribution in [2.24, 2.45) is 0 Å². The number of aryl methyl sites for hydroxylation is 2. The molecular weight excluding hydrogens is 424 g/mol. The molecule has 32 heavy (non-hydrogen) atoms. The van der Waals surface area contributed by atoms with Crippen molar-refractivity contribution < 1.29 is 14.6 Å². The van der Waals surface area contributed by atoms with Gasteiger partial charge in [0, 0.05) is 41.8 Å². The summed E-state index contributed by atoms with van der Waals surface area (Å²) in [4.78, 5) is 14.8. The molecule has 1 aliphatic heterocycles. The first kappa shape index (κ1) is 22.7. The summed E-state index contributed by atoms with van der Waals surface area (Å²) in [6.45, 7) is 11.7. The molecule has 3 aromatic rings. The van der Waals surface area contributed by atoms with E-state index in [0.29, 0.717) is 10.6 Å². The highest BCUT2D eigenvalue weighted by molar-refractivity contribution is 6.30. The Labute approximate surface area is 194 Å². The number of ether oxygens (including phenoxy) is 1. The van der Waals surface area contributed by atoms with Crippen LogP contribution in [0.1, 0.15) is 50.1 Å². The number of hydrogen-bond donors (Lipinski definition) is 1. The largest absolute Gasteiger partial charge is 0.479 e. The topological polar surface area (TPSA) is 54.7 Å². The normalized spacial score (nSPS) is 15.2. The van der Waals surface area contributed by atoms with Gasteiger partial charge in [0.1, 0.15) is 0 Å². The minimum absolute atomic E-state index is 0.621. The molecule has 2 aromatic carbocycles. The second kappa shape index (κ2) is 8.13. The van der Waals surface area contributed by atoms with Crippen molar-refractivity contribution in [3.8, 4) is 11.1 Å². The third-order valence-electron chi connectivity index (χ3n) is 6.17. The smallest absolute Gasteiger partial charge is 0.337 e. The summed E-state index contributed by atoms with van der Waals surface area (Å²) in [5, 5.41) is 12.0. The van der Waals surface area contributed by atoms with E-state index >= 15 is 0 Å². The lowest BCUT2D eigenvalue weighted by Crippen LogP contribution is -2.29. The molecule has 0 saturated carbocycles. The molecule has 1 aliphatic rings. The lowest BCUT2D eigenvalue weighted by Gasteiger charge is -2.31. The van der Waals surface area contributed by atoms with E-state index in [4.69, 9.17) is 16.3 Å². The summed E-state index contributed by atoms with van der Waals surface area (Å²) >= 11 is 6.19. The molecular formula is C26H31ClN2O3. The first-order chi connectivity index (χ1) is 15.0. The number of benzene rings is 2. The molecule has 0 aliphatic carbocycles. The Morgan fingerprint density at radius 1 is 1.16 bits per heavy atom. The molecule has 2 heterocycles. The maximum atomic E-state index is 12.6. The first-order valence-electron chi connectivity index (χ1n) is 11.0. The van der Waals surface area contributed by atoms with E-state index in [1.807, 2.05) is 52.0 Å². The second-order valence-electron chi connectivity index (χ2n) is 9.69. The van der Waals surface area contributed by atoms with Crippen LogP contribution in [0, 0.1) is 13.8 Å². The fraction of sp³-hybridized carbons (Fsp3) is 0.423. The SMILES string of the molecule is Cc1c(C(OC(C)(C)C)C(=O)O)c(-c2ccc(Cl)cc2)c2cc(C)n3c2c1N(C)CCC3. The fourth-order valence-electron chi connectivity index (χ4n) is 4.94. The maximum absolute atomic E-state index is 12.6. The van der Waals surface area contributed by atoms with Gasteiger partial charge in [-0.25, -0.2) is 4.79 Å². The molecule has 170 valence electrons. The highest BCUT2D eigenvalue weighted by Gasteiger charge is 2.35. The van der Waals surface area contributed by atoms with Gasteiger partial charge < -0.3 is 19.3 Å². The monoisotopic (exact) mass is 454 g/mol. The summed E-state index contributed by atoms with van der Waals surface area (Å²) in [5.74, 6) is -0.989. The Balaban J connectivity index is 2.17. The quantitative estimate of drug-likeness (QED) is 0.498. The maximum Gasteiger partial charge on any atom is 0.337 e.